The number of benzene rings is 2. The second kappa shape index (κ2) is 6.62. The normalized spacial score (nSPS) is 24.5. The molecule has 2 aromatic rings. The number of para-hydroxylation sites is 1. The van der Waals surface area contributed by atoms with Gasteiger partial charge in [0.1, 0.15) is 11.4 Å². The summed E-state index contributed by atoms with van der Waals surface area (Å²) < 4.78 is 5.44. The number of hydrogen-bond donors (Lipinski definition) is 0. The summed E-state index contributed by atoms with van der Waals surface area (Å²) in [5.74, 6) is -2.76. The number of carbonyl (C=O) groups is 4. The second-order valence-corrected chi connectivity index (χ2v) is 8.80. The molecule has 1 aliphatic heterocycles. The molecule has 1 fully saturated rings. The number of fused-ring (bicyclic) bond motifs is 2. The molecule has 1 saturated carbocycles. The Morgan fingerprint density at radius 3 is 2.13 bits per heavy atom. The Morgan fingerprint density at radius 2 is 1.53 bits per heavy atom. The molecule has 30 heavy (non-hydrogen) atoms. The Labute approximate surface area is 174 Å². The third kappa shape index (κ3) is 2.78. The van der Waals surface area contributed by atoms with Gasteiger partial charge in [-0.05, 0) is 39.3 Å². The van der Waals surface area contributed by atoms with Crippen LogP contribution in [-0.2, 0) is 19.7 Å². The van der Waals surface area contributed by atoms with E-state index in [-0.39, 0.29) is 11.6 Å². The number of carbonyl (C=O) groups excluding carboxylic acids is 4. The minimum atomic E-state index is -1.37. The van der Waals surface area contributed by atoms with E-state index in [0.717, 1.165) is 4.90 Å². The van der Waals surface area contributed by atoms with Crippen LogP contribution in [0.15, 0.2) is 54.6 Å². The van der Waals surface area contributed by atoms with Gasteiger partial charge in [-0.2, -0.15) is 0 Å². The van der Waals surface area contributed by atoms with E-state index in [1.165, 1.54) is 6.92 Å². The summed E-state index contributed by atoms with van der Waals surface area (Å²) in [4.78, 5) is 53.4. The zero-order valence-electron chi connectivity index (χ0n) is 17.3. The SMILES string of the molecule is CC(=O)[C@H]1[C@H](C(=O)c2ccccc2)[C@@]12C(=O)N(C(=O)OC(C)(C)C)c1ccccc12. The maximum absolute atomic E-state index is 13.7. The lowest BCUT2D eigenvalue weighted by Gasteiger charge is -2.24. The monoisotopic (exact) mass is 405 g/mol. The summed E-state index contributed by atoms with van der Waals surface area (Å²) >= 11 is 0. The Balaban J connectivity index is 1.83. The van der Waals surface area contributed by atoms with E-state index >= 15 is 0 Å². The summed E-state index contributed by atoms with van der Waals surface area (Å²) in [6, 6.07) is 15.4. The van der Waals surface area contributed by atoms with Crippen molar-refractivity contribution >= 4 is 29.3 Å². The molecule has 1 aliphatic carbocycles. The number of imide groups is 1. The zero-order chi connectivity index (χ0) is 21.8. The van der Waals surface area contributed by atoms with Crippen LogP contribution in [0.2, 0.25) is 0 Å². The zero-order valence-corrected chi connectivity index (χ0v) is 17.3. The molecule has 6 nitrogen and oxygen atoms in total. The molecule has 0 unspecified atom stereocenters. The van der Waals surface area contributed by atoms with Crippen molar-refractivity contribution in [3.63, 3.8) is 0 Å². The number of hydrogen-bond acceptors (Lipinski definition) is 5. The number of Topliss-reactive ketones (excluding diaryl/α,β-unsaturated/α-hetero) is 2. The predicted molar refractivity (Wildman–Crippen MR) is 110 cm³/mol. The molecule has 2 aliphatic rings. The molecule has 4 rings (SSSR count). The van der Waals surface area contributed by atoms with Crippen molar-refractivity contribution in [2.75, 3.05) is 4.90 Å². The van der Waals surface area contributed by atoms with Crippen molar-refractivity contribution in [3.8, 4) is 0 Å². The molecular weight excluding hydrogens is 382 g/mol. The quantitative estimate of drug-likeness (QED) is 0.723. The lowest BCUT2D eigenvalue weighted by molar-refractivity contribution is -0.124. The minimum absolute atomic E-state index is 0.251. The van der Waals surface area contributed by atoms with Gasteiger partial charge in [-0.3, -0.25) is 14.4 Å². The van der Waals surface area contributed by atoms with Crippen LogP contribution < -0.4 is 4.90 Å². The second-order valence-electron chi connectivity index (χ2n) is 8.80. The highest BCUT2D eigenvalue weighted by molar-refractivity contribution is 6.28. The van der Waals surface area contributed by atoms with Gasteiger partial charge in [0.05, 0.1) is 17.0 Å². The Morgan fingerprint density at radius 1 is 0.933 bits per heavy atom. The molecule has 2 aromatic carbocycles. The molecule has 3 atom stereocenters. The molecule has 1 spiro atoms. The van der Waals surface area contributed by atoms with Crippen molar-refractivity contribution < 1.29 is 23.9 Å². The molecule has 154 valence electrons. The highest BCUT2D eigenvalue weighted by Crippen LogP contribution is 2.67. The summed E-state index contributed by atoms with van der Waals surface area (Å²) in [6.07, 6.45) is -0.808. The van der Waals surface area contributed by atoms with Crippen molar-refractivity contribution in [1.29, 1.82) is 0 Å². The average Bonchev–Trinajstić information content (AvgIpc) is 3.31. The molecule has 0 N–H and O–H groups in total. The minimum Gasteiger partial charge on any atom is -0.443 e. The number of ketones is 2. The van der Waals surface area contributed by atoms with Crippen molar-refractivity contribution in [3.05, 3.63) is 65.7 Å². The smallest absolute Gasteiger partial charge is 0.421 e. The number of ether oxygens (including phenoxy) is 1. The van der Waals surface area contributed by atoms with Crippen LogP contribution in [0.25, 0.3) is 0 Å². The van der Waals surface area contributed by atoms with Crippen LogP contribution in [0.5, 0.6) is 0 Å². The third-order valence-electron chi connectivity index (χ3n) is 5.71. The van der Waals surface area contributed by atoms with Crippen molar-refractivity contribution in [2.45, 2.75) is 38.7 Å². The fourth-order valence-corrected chi connectivity index (χ4v) is 4.60. The maximum atomic E-state index is 13.7. The number of nitrogens with zero attached hydrogens (tertiary/aromatic N) is 1. The maximum Gasteiger partial charge on any atom is 0.421 e. The molecule has 1 heterocycles. The van der Waals surface area contributed by atoms with Crippen LogP contribution in [0.3, 0.4) is 0 Å². The molecule has 0 aromatic heterocycles. The van der Waals surface area contributed by atoms with Gasteiger partial charge >= 0.3 is 6.09 Å². The van der Waals surface area contributed by atoms with E-state index in [0.29, 0.717) is 16.8 Å². The molecule has 2 amide bonds. The van der Waals surface area contributed by atoms with Gasteiger partial charge in [-0.1, -0.05) is 48.5 Å². The first kappa shape index (κ1) is 20.0. The number of anilines is 1. The topological polar surface area (TPSA) is 80.8 Å². The summed E-state index contributed by atoms with van der Waals surface area (Å²) in [6.45, 7) is 6.52. The van der Waals surface area contributed by atoms with Gasteiger partial charge in [0.25, 0.3) is 0 Å². The summed E-state index contributed by atoms with van der Waals surface area (Å²) in [5.41, 5.74) is -0.842. The largest absolute Gasteiger partial charge is 0.443 e. The summed E-state index contributed by atoms with van der Waals surface area (Å²) in [5, 5.41) is 0. The molecule has 6 heteroatoms. The fraction of sp³-hybridized carbons (Fsp3) is 0.333. The molecular formula is C24H23NO5. The van der Waals surface area contributed by atoms with Crippen LogP contribution in [0.1, 0.15) is 43.6 Å². The fourth-order valence-electron chi connectivity index (χ4n) is 4.60. The lowest BCUT2D eigenvalue weighted by Crippen LogP contribution is -2.42. The van der Waals surface area contributed by atoms with E-state index in [4.69, 9.17) is 4.74 Å². The van der Waals surface area contributed by atoms with Gasteiger partial charge in [0.2, 0.25) is 5.91 Å². The van der Waals surface area contributed by atoms with E-state index in [1.54, 1.807) is 75.4 Å². The standard InChI is InChI=1S/C24H23NO5/c1-14(26)18-19(20(27)15-10-6-5-7-11-15)24(18)16-12-8-9-13-17(16)25(21(24)28)22(29)30-23(2,3)4/h5-13,18-19H,1-4H3/t18-,19+,24-/m0/s1. The third-order valence-corrected chi connectivity index (χ3v) is 5.71. The van der Waals surface area contributed by atoms with E-state index in [9.17, 15) is 19.2 Å². The Bertz CT molecular complexity index is 1070. The van der Waals surface area contributed by atoms with Gasteiger partial charge in [0.15, 0.2) is 5.78 Å². The first-order chi connectivity index (χ1) is 14.1. The Kier molecular flexibility index (Phi) is 4.42. The first-order valence-corrected chi connectivity index (χ1v) is 9.87. The molecule has 0 saturated heterocycles. The van der Waals surface area contributed by atoms with Gasteiger partial charge in [-0.25, -0.2) is 9.69 Å². The van der Waals surface area contributed by atoms with E-state index < -0.39 is 34.9 Å². The first-order valence-electron chi connectivity index (χ1n) is 9.87. The van der Waals surface area contributed by atoms with E-state index in [1.807, 2.05) is 0 Å². The van der Waals surface area contributed by atoms with Crippen LogP contribution >= 0.6 is 0 Å². The van der Waals surface area contributed by atoms with Crippen molar-refractivity contribution in [2.24, 2.45) is 11.8 Å². The lowest BCUT2D eigenvalue weighted by atomic mass is 9.90. The predicted octanol–water partition coefficient (Wildman–Crippen LogP) is 3.92. The van der Waals surface area contributed by atoms with Gasteiger partial charge in [0, 0.05) is 11.5 Å². The number of rotatable bonds is 3. The highest BCUT2D eigenvalue weighted by Gasteiger charge is 2.79. The van der Waals surface area contributed by atoms with Crippen molar-refractivity contribution in [1.82, 2.24) is 0 Å². The molecule has 0 bridgehead atoms. The van der Waals surface area contributed by atoms with Crippen LogP contribution in [-0.4, -0.2) is 29.2 Å². The van der Waals surface area contributed by atoms with Gasteiger partial charge in [-0.15, -0.1) is 0 Å². The number of amides is 2. The Hall–Kier alpha value is -3.28. The highest BCUT2D eigenvalue weighted by atomic mass is 16.6. The summed E-state index contributed by atoms with van der Waals surface area (Å²) in [7, 11) is 0. The molecule has 0 radical (unpaired) electrons. The average molecular weight is 405 g/mol. The van der Waals surface area contributed by atoms with E-state index in [2.05, 4.69) is 0 Å². The van der Waals surface area contributed by atoms with Crippen LogP contribution in [0.4, 0.5) is 10.5 Å². The van der Waals surface area contributed by atoms with Crippen LogP contribution in [0, 0.1) is 11.8 Å². The van der Waals surface area contributed by atoms with Gasteiger partial charge < -0.3 is 4.74 Å².